The Hall–Kier alpha value is -2.82. The predicted molar refractivity (Wildman–Crippen MR) is 82.7 cm³/mol. The lowest BCUT2D eigenvalue weighted by Crippen LogP contribution is -2.73. The zero-order chi connectivity index (χ0) is 19.3. The number of fused-ring (bicyclic) bond motifs is 2. The number of halogens is 1. The molecule has 11 heteroatoms. The van der Waals surface area contributed by atoms with Crippen molar-refractivity contribution in [2.75, 3.05) is 0 Å². The first-order valence-corrected chi connectivity index (χ1v) is 8.77. The van der Waals surface area contributed by atoms with E-state index in [1.165, 1.54) is 13.0 Å². The summed E-state index contributed by atoms with van der Waals surface area (Å²) in [4.78, 5) is 48.8. The summed E-state index contributed by atoms with van der Waals surface area (Å²) < 4.78 is 38.0. The molecule has 1 N–H and O–H groups in total. The Balaban J connectivity index is 1.95. The van der Waals surface area contributed by atoms with Gasteiger partial charge < -0.3 is 4.18 Å². The van der Waals surface area contributed by atoms with Crippen molar-refractivity contribution in [3.05, 3.63) is 29.3 Å². The van der Waals surface area contributed by atoms with E-state index in [1.54, 1.807) is 0 Å². The summed E-state index contributed by atoms with van der Waals surface area (Å²) in [6, 6.07) is 3.41. The minimum absolute atomic E-state index is 0.0241. The average Bonchev–Trinajstić information content (AvgIpc) is 2.48. The third-order valence-corrected chi connectivity index (χ3v) is 5.01. The van der Waals surface area contributed by atoms with E-state index >= 15 is 0 Å². The molecule has 1 aliphatic carbocycles. The lowest BCUT2D eigenvalue weighted by atomic mass is 9.63. The molecule has 1 saturated carbocycles. The average molecular weight is 384 g/mol. The van der Waals surface area contributed by atoms with Crippen molar-refractivity contribution in [3.8, 4) is 5.75 Å². The number of imide groups is 2. The number of carbonyl (C=O) groups excluding carboxylic acids is 4. The Labute approximate surface area is 147 Å². The third kappa shape index (κ3) is 2.83. The number of nitrogens with one attached hydrogen (secondary N) is 1. The molecule has 138 valence electrons. The molecule has 3 fully saturated rings. The quantitative estimate of drug-likeness (QED) is 0.430. The number of carbonyl (C=O) groups is 4. The number of hydrogen-bond acceptors (Lipinski definition) is 7. The van der Waals surface area contributed by atoms with Gasteiger partial charge in [0.25, 0.3) is 11.8 Å². The normalized spacial score (nSPS) is 24.3. The lowest BCUT2D eigenvalue weighted by Gasteiger charge is -2.52. The van der Waals surface area contributed by atoms with Crippen LogP contribution in [-0.2, 0) is 24.9 Å². The molecule has 26 heavy (non-hydrogen) atoms. The molecule has 2 heterocycles. The minimum atomic E-state index is -5.29. The summed E-state index contributed by atoms with van der Waals surface area (Å²) in [5.41, 5.74) is -1.25. The van der Waals surface area contributed by atoms with Crippen LogP contribution < -0.4 is 9.50 Å². The van der Waals surface area contributed by atoms with E-state index in [9.17, 15) is 31.5 Å². The van der Waals surface area contributed by atoms with Gasteiger partial charge in [0.15, 0.2) is 0 Å². The Morgan fingerprint density at radius 2 is 2.04 bits per heavy atom. The Bertz CT molecular complexity index is 937. The van der Waals surface area contributed by atoms with Crippen LogP contribution in [0.5, 0.6) is 5.75 Å². The number of benzene rings is 1. The first kappa shape index (κ1) is 18.0. The number of aryl methyl sites for hydroxylation is 1. The van der Waals surface area contributed by atoms with Crippen molar-refractivity contribution < 1.29 is 35.7 Å². The summed E-state index contributed by atoms with van der Waals surface area (Å²) in [6.07, 6.45) is 0.235. The van der Waals surface area contributed by atoms with Crippen molar-refractivity contribution in [2.45, 2.75) is 25.3 Å². The summed E-state index contributed by atoms with van der Waals surface area (Å²) >= 11 is 0. The molecule has 0 radical (unpaired) electrons. The maximum atomic E-state index is 12.8. The van der Waals surface area contributed by atoms with Crippen LogP contribution in [0.1, 0.15) is 28.8 Å². The largest absolute Gasteiger partial charge is 0.488 e. The molecule has 1 aromatic rings. The maximum absolute atomic E-state index is 12.8. The molecule has 0 spiro atoms. The number of hydrogen-bond donors (Lipinski definition) is 1. The van der Waals surface area contributed by atoms with Crippen LogP contribution in [0.4, 0.5) is 3.89 Å². The fourth-order valence-corrected chi connectivity index (χ4v) is 3.57. The van der Waals surface area contributed by atoms with Gasteiger partial charge in [-0.15, -0.1) is 0 Å². The zero-order valence-electron chi connectivity index (χ0n) is 13.4. The molecule has 2 saturated heterocycles. The van der Waals surface area contributed by atoms with E-state index in [1.807, 2.05) is 0 Å². The van der Waals surface area contributed by atoms with E-state index in [0.717, 1.165) is 12.1 Å². The van der Waals surface area contributed by atoms with Crippen LogP contribution >= 0.6 is 0 Å². The molecule has 2 bridgehead atoms. The van der Waals surface area contributed by atoms with Crippen LogP contribution in [0.2, 0.25) is 0 Å². The second-order valence-corrected chi connectivity index (χ2v) is 7.14. The maximum Gasteiger partial charge on any atom is 0.488 e. The molecule has 2 aliphatic heterocycles. The number of rotatable bonds is 5. The third-order valence-electron chi connectivity index (χ3n) is 4.62. The van der Waals surface area contributed by atoms with Gasteiger partial charge in [-0.2, -0.15) is 8.42 Å². The highest BCUT2D eigenvalue weighted by atomic mass is 32.3. The molecule has 0 unspecified atom stereocenters. The van der Waals surface area contributed by atoms with Gasteiger partial charge >= 0.3 is 10.5 Å². The first-order valence-electron chi connectivity index (χ1n) is 7.46. The molecule has 9 nitrogen and oxygen atoms in total. The fourth-order valence-electron chi connectivity index (χ4n) is 3.23. The topological polar surface area (TPSA) is 127 Å². The van der Waals surface area contributed by atoms with Gasteiger partial charge in [-0.25, -0.2) is 0 Å². The predicted octanol–water partition coefficient (Wildman–Crippen LogP) is -0.00808. The lowest BCUT2D eigenvalue weighted by molar-refractivity contribution is -0.162. The summed E-state index contributed by atoms with van der Waals surface area (Å²) in [5.74, 6) is -3.01. The number of amides is 4. The highest BCUT2D eigenvalue weighted by molar-refractivity contribution is 7.81. The van der Waals surface area contributed by atoms with Crippen LogP contribution in [0.15, 0.2) is 18.2 Å². The smallest absolute Gasteiger partial charge is 0.358 e. The highest BCUT2D eigenvalue weighted by Gasteiger charge is 2.62. The molecular weight excluding hydrogens is 371 g/mol. The monoisotopic (exact) mass is 384 g/mol. The van der Waals surface area contributed by atoms with E-state index in [0.29, 0.717) is 10.5 Å². The van der Waals surface area contributed by atoms with Crippen molar-refractivity contribution in [3.63, 3.8) is 0 Å². The van der Waals surface area contributed by atoms with E-state index in [2.05, 4.69) is 9.50 Å². The van der Waals surface area contributed by atoms with Crippen LogP contribution in [0.25, 0.3) is 0 Å². The van der Waals surface area contributed by atoms with Gasteiger partial charge in [0.2, 0.25) is 12.3 Å². The second-order valence-electron chi connectivity index (χ2n) is 6.19. The van der Waals surface area contributed by atoms with Gasteiger partial charge in [0.05, 0.1) is 0 Å². The van der Waals surface area contributed by atoms with Crippen molar-refractivity contribution >= 4 is 34.6 Å². The second kappa shape index (κ2) is 5.87. The van der Waals surface area contributed by atoms with Gasteiger partial charge in [-0.1, -0.05) is 9.95 Å². The number of nitrogens with zero attached hydrogens (tertiary/aromatic N) is 1. The fraction of sp³-hybridized carbons (Fsp3) is 0.333. The van der Waals surface area contributed by atoms with Crippen LogP contribution in [0.3, 0.4) is 0 Å². The Morgan fingerprint density at radius 1 is 1.38 bits per heavy atom. The Kier molecular flexibility index (Phi) is 4.06. The van der Waals surface area contributed by atoms with E-state index in [-0.39, 0.29) is 24.8 Å². The molecule has 4 rings (SSSR count). The molecule has 4 amide bonds. The van der Waals surface area contributed by atoms with E-state index < -0.39 is 45.4 Å². The number of piperidine rings is 2. The SMILES string of the molecule is Cc1ccc(OS(=O)(=O)F)cc1C(=O)N(C=O)C12CC(C1)C(=O)NC2=O. The van der Waals surface area contributed by atoms with Gasteiger partial charge in [-0.3, -0.25) is 29.4 Å². The molecule has 3 aliphatic rings. The van der Waals surface area contributed by atoms with Crippen LogP contribution in [0, 0.1) is 12.8 Å². The van der Waals surface area contributed by atoms with Gasteiger partial charge in [0, 0.05) is 11.5 Å². The molecule has 0 aromatic heterocycles. The standard InChI is InChI=1S/C15H13FN2O7S/c1-8-2-3-10(25-26(16,23)24)4-11(8)13(21)18(7-19)15-5-9(6-15)12(20)17-14(15)22/h2-4,7,9H,5-6H2,1H3,(H,17,20,22). The van der Waals surface area contributed by atoms with E-state index in [4.69, 9.17) is 0 Å². The highest BCUT2D eigenvalue weighted by Crippen LogP contribution is 2.46. The summed E-state index contributed by atoms with van der Waals surface area (Å²) in [5, 5.41) is 2.11. The minimum Gasteiger partial charge on any atom is -0.358 e. The Morgan fingerprint density at radius 3 is 2.58 bits per heavy atom. The molecule has 1 aromatic carbocycles. The molecular formula is C15H13FN2O7S. The summed E-state index contributed by atoms with van der Waals surface area (Å²) in [7, 11) is -5.29. The molecule has 0 atom stereocenters. The van der Waals surface area contributed by atoms with Crippen molar-refractivity contribution in [1.82, 2.24) is 10.2 Å². The van der Waals surface area contributed by atoms with Crippen molar-refractivity contribution in [1.29, 1.82) is 0 Å². The van der Waals surface area contributed by atoms with Crippen LogP contribution in [-0.4, -0.2) is 43.0 Å². The zero-order valence-corrected chi connectivity index (χ0v) is 14.2. The first-order chi connectivity index (χ1) is 12.1. The van der Waals surface area contributed by atoms with Crippen molar-refractivity contribution in [2.24, 2.45) is 5.92 Å². The van der Waals surface area contributed by atoms with Gasteiger partial charge in [-0.05, 0) is 37.5 Å². The van der Waals surface area contributed by atoms with Gasteiger partial charge in [0.1, 0.15) is 11.3 Å². The summed E-state index contributed by atoms with van der Waals surface area (Å²) in [6.45, 7) is 1.51.